The van der Waals surface area contributed by atoms with Crippen LogP contribution < -0.4 is 0 Å². The van der Waals surface area contributed by atoms with Gasteiger partial charge in [0.05, 0.1) is 6.10 Å². The van der Waals surface area contributed by atoms with Gasteiger partial charge in [-0.1, -0.05) is 34.8 Å². The van der Waals surface area contributed by atoms with Gasteiger partial charge in [-0.25, -0.2) is 0 Å². The minimum Gasteiger partial charge on any atom is -0.364 e. The summed E-state index contributed by atoms with van der Waals surface area (Å²) in [6.07, 6.45) is 6.52. The lowest BCUT2D eigenvalue weighted by molar-refractivity contribution is 0.237. The van der Waals surface area contributed by atoms with Crippen LogP contribution in [0.15, 0.2) is 22.7 Å². The number of rotatable bonds is 0. The topological polar surface area (TPSA) is 12.5 Å². The number of ether oxygens (including phenoxy) is 1. The first-order chi connectivity index (χ1) is 7.84. The maximum atomic E-state index is 5.90. The number of benzene rings is 1. The highest BCUT2D eigenvalue weighted by molar-refractivity contribution is 9.10. The van der Waals surface area contributed by atoms with Gasteiger partial charge in [0, 0.05) is 4.47 Å². The minimum atomic E-state index is 0.433. The fourth-order valence-corrected chi connectivity index (χ4v) is 4.14. The predicted molar refractivity (Wildman–Crippen MR) is 66.5 cm³/mol. The van der Waals surface area contributed by atoms with Crippen molar-refractivity contribution >= 4 is 15.9 Å². The molecule has 3 aliphatic rings. The molecule has 1 aromatic rings. The van der Waals surface area contributed by atoms with Crippen LogP contribution in [0.25, 0.3) is 0 Å². The van der Waals surface area contributed by atoms with E-state index < -0.39 is 0 Å². The van der Waals surface area contributed by atoms with E-state index in [1.807, 2.05) is 0 Å². The summed E-state index contributed by atoms with van der Waals surface area (Å²) < 4.78 is 7.12. The first-order valence-electron chi connectivity index (χ1n) is 6.29. The van der Waals surface area contributed by atoms with Crippen LogP contribution in [0.4, 0.5) is 0 Å². The highest BCUT2D eigenvalue weighted by atomic mass is 79.9. The summed E-state index contributed by atoms with van der Waals surface area (Å²) in [6.45, 7) is 0. The SMILES string of the molecule is Brc1ccc2c(c1)[C@@H]1CCCC[C@H]1[C@@H]1O[C@H]21. The summed E-state index contributed by atoms with van der Waals surface area (Å²) in [4.78, 5) is 0. The van der Waals surface area contributed by atoms with Crippen LogP contribution in [0.2, 0.25) is 0 Å². The fourth-order valence-electron chi connectivity index (χ4n) is 3.76. The summed E-state index contributed by atoms with van der Waals surface area (Å²) in [5.41, 5.74) is 3.04. The Morgan fingerprint density at radius 3 is 2.94 bits per heavy atom. The lowest BCUT2D eigenvalue weighted by Crippen LogP contribution is -2.27. The Balaban J connectivity index is 1.84. The molecule has 1 saturated heterocycles. The van der Waals surface area contributed by atoms with Crippen molar-refractivity contribution in [3.8, 4) is 0 Å². The molecule has 0 unspecified atom stereocenters. The van der Waals surface area contributed by atoms with E-state index in [1.54, 1.807) is 5.56 Å². The van der Waals surface area contributed by atoms with E-state index in [0.29, 0.717) is 12.2 Å². The summed E-state index contributed by atoms with van der Waals surface area (Å²) in [5.74, 6) is 1.57. The second kappa shape index (κ2) is 3.33. The molecule has 1 aliphatic heterocycles. The van der Waals surface area contributed by atoms with Gasteiger partial charge in [-0.3, -0.25) is 0 Å². The summed E-state index contributed by atoms with van der Waals surface area (Å²) in [5, 5.41) is 0. The van der Waals surface area contributed by atoms with Crippen molar-refractivity contribution in [3.05, 3.63) is 33.8 Å². The Hall–Kier alpha value is -0.340. The van der Waals surface area contributed by atoms with Crippen LogP contribution in [0.1, 0.15) is 48.8 Å². The molecule has 0 radical (unpaired) electrons. The van der Waals surface area contributed by atoms with E-state index in [0.717, 1.165) is 11.8 Å². The number of epoxide rings is 1. The quantitative estimate of drug-likeness (QED) is 0.649. The highest BCUT2D eigenvalue weighted by Crippen LogP contribution is 2.58. The maximum Gasteiger partial charge on any atom is 0.110 e. The molecule has 0 amide bonds. The Morgan fingerprint density at radius 1 is 1.12 bits per heavy atom. The molecule has 1 saturated carbocycles. The van der Waals surface area contributed by atoms with Crippen molar-refractivity contribution in [2.75, 3.05) is 0 Å². The smallest absolute Gasteiger partial charge is 0.110 e. The third-order valence-corrected chi connectivity index (χ3v) is 5.02. The van der Waals surface area contributed by atoms with Gasteiger partial charge in [0.25, 0.3) is 0 Å². The number of hydrogen-bond donors (Lipinski definition) is 0. The first-order valence-corrected chi connectivity index (χ1v) is 7.09. The Bertz CT molecular complexity index is 442. The van der Waals surface area contributed by atoms with Gasteiger partial charge in [-0.05, 0) is 47.9 Å². The number of fused-ring (bicyclic) bond motifs is 6. The molecule has 0 N–H and O–H groups in total. The summed E-state index contributed by atoms with van der Waals surface area (Å²) in [6, 6.07) is 6.74. The molecule has 4 atom stereocenters. The van der Waals surface area contributed by atoms with Gasteiger partial charge in [-0.15, -0.1) is 0 Å². The molecule has 2 fully saturated rings. The average molecular weight is 279 g/mol. The molecule has 0 spiro atoms. The molecular weight excluding hydrogens is 264 g/mol. The minimum absolute atomic E-state index is 0.433. The predicted octanol–water partition coefficient (Wildman–Crippen LogP) is 4.18. The van der Waals surface area contributed by atoms with E-state index in [-0.39, 0.29) is 0 Å². The van der Waals surface area contributed by atoms with E-state index in [2.05, 4.69) is 34.1 Å². The molecule has 1 aromatic carbocycles. The number of halogens is 1. The molecule has 2 heteroatoms. The number of hydrogen-bond acceptors (Lipinski definition) is 1. The molecule has 1 heterocycles. The summed E-state index contributed by atoms with van der Waals surface area (Å²) >= 11 is 3.60. The average Bonchev–Trinajstić information content (AvgIpc) is 3.09. The van der Waals surface area contributed by atoms with Crippen molar-refractivity contribution < 1.29 is 4.74 Å². The fraction of sp³-hybridized carbons (Fsp3) is 0.571. The van der Waals surface area contributed by atoms with Crippen molar-refractivity contribution in [1.29, 1.82) is 0 Å². The van der Waals surface area contributed by atoms with E-state index in [4.69, 9.17) is 4.74 Å². The van der Waals surface area contributed by atoms with E-state index in [9.17, 15) is 0 Å². The normalized spacial score (nSPS) is 39.6. The maximum absolute atomic E-state index is 5.90. The van der Waals surface area contributed by atoms with Gasteiger partial charge >= 0.3 is 0 Å². The zero-order valence-electron chi connectivity index (χ0n) is 9.16. The van der Waals surface area contributed by atoms with Gasteiger partial charge in [-0.2, -0.15) is 0 Å². The molecular formula is C14H15BrO. The second-order valence-electron chi connectivity index (χ2n) is 5.35. The van der Waals surface area contributed by atoms with Gasteiger partial charge in [0.2, 0.25) is 0 Å². The van der Waals surface area contributed by atoms with Crippen LogP contribution in [0, 0.1) is 5.92 Å². The third-order valence-electron chi connectivity index (χ3n) is 4.52. The van der Waals surface area contributed by atoms with Crippen molar-refractivity contribution in [1.82, 2.24) is 0 Å². The van der Waals surface area contributed by atoms with E-state index in [1.165, 1.54) is 35.7 Å². The van der Waals surface area contributed by atoms with Gasteiger partial charge in [0.15, 0.2) is 0 Å². The molecule has 1 nitrogen and oxygen atoms in total. The van der Waals surface area contributed by atoms with Crippen LogP contribution >= 0.6 is 15.9 Å². The van der Waals surface area contributed by atoms with Crippen molar-refractivity contribution in [3.63, 3.8) is 0 Å². The largest absolute Gasteiger partial charge is 0.364 e. The van der Waals surface area contributed by atoms with Gasteiger partial charge < -0.3 is 4.74 Å². The van der Waals surface area contributed by atoms with Crippen LogP contribution in [-0.4, -0.2) is 6.10 Å². The van der Waals surface area contributed by atoms with Crippen LogP contribution in [0.5, 0.6) is 0 Å². The standard InChI is InChI=1S/C14H15BrO/c15-8-5-6-11-12(7-8)9-3-1-2-4-10(9)13-14(11)16-13/h5-7,9-10,13-14H,1-4H2/t9-,10-,13+,14-/m1/s1. The Labute approximate surface area is 104 Å². The molecule has 2 aliphatic carbocycles. The van der Waals surface area contributed by atoms with Crippen molar-refractivity contribution in [2.24, 2.45) is 5.92 Å². The lowest BCUT2D eigenvalue weighted by Gasteiger charge is -2.35. The molecule has 4 rings (SSSR count). The Kier molecular flexibility index (Phi) is 2.01. The molecule has 84 valence electrons. The first kappa shape index (κ1) is 9.67. The zero-order valence-corrected chi connectivity index (χ0v) is 10.7. The molecule has 0 bridgehead atoms. The van der Waals surface area contributed by atoms with Crippen LogP contribution in [0.3, 0.4) is 0 Å². The van der Waals surface area contributed by atoms with Crippen LogP contribution in [-0.2, 0) is 4.74 Å². The lowest BCUT2D eigenvalue weighted by atomic mass is 9.68. The second-order valence-corrected chi connectivity index (χ2v) is 6.27. The van der Waals surface area contributed by atoms with E-state index >= 15 is 0 Å². The monoisotopic (exact) mass is 278 g/mol. The third kappa shape index (κ3) is 1.26. The highest BCUT2D eigenvalue weighted by Gasteiger charge is 2.54. The Morgan fingerprint density at radius 2 is 2.00 bits per heavy atom. The van der Waals surface area contributed by atoms with Crippen molar-refractivity contribution in [2.45, 2.75) is 43.8 Å². The zero-order chi connectivity index (χ0) is 10.7. The molecule has 16 heavy (non-hydrogen) atoms. The van der Waals surface area contributed by atoms with Gasteiger partial charge in [0.1, 0.15) is 6.10 Å². The summed E-state index contributed by atoms with van der Waals surface area (Å²) in [7, 11) is 0. The molecule has 0 aromatic heterocycles.